The summed E-state index contributed by atoms with van der Waals surface area (Å²) in [6.07, 6.45) is 2.31. The fraction of sp³-hybridized carbons (Fsp3) is 0.929. The molecule has 2 heterocycles. The van der Waals surface area contributed by atoms with E-state index >= 15 is 0 Å². The molecule has 3 unspecified atom stereocenters. The number of hydrogen-bond acceptors (Lipinski definition) is 4. The van der Waals surface area contributed by atoms with Gasteiger partial charge in [0.1, 0.15) is 0 Å². The van der Waals surface area contributed by atoms with Gasteiger partial charge in [-0.05, 0) is 32.7 Å². The summed E-state index contributed by atoms with van der Waals surface area (Å²) >= 11 is 0. The van der Waals surface area contributed by atoms with Crippen LogP contribution in [-0.4, -0.2) is 60.4 Å². The van der Waals surface area contributed by atoms with Crippen LogP contribution < -0.4 is 5.32 Å². The van der Waals surface area contributed by atoms with E-state index in [1.54, 1.807) is 0 Å². The summed E-state index contributed by atoms with van der Waals surface area (Å²) in [6, 6.07) is 0.140. The number of hydrogen-bond donors (Lipinski definition) is 2. The third-order valence-electron chi connectivity index (χ3n) is 4.24. The summed E-state index contributed by atoms with van der Waals surface area (Å²) in [7, 11) is 0. The van der Waals surface area contributed by atoms with Crippen molar-refractivity contribution in [3.8, 4) is 0 Å². The highest BCUT2D eigenvalue weighted by Crippen LogP contribution is 2.24. The van der Waals surface area contributed by atoms with Crippen molar-refractivity contribution in [2.24, 2.45) is 5.92 Å². The molecule has 0 aliphatic carbocycles. The summed E-state index contributed by atoms with van der Waals surface area (Å²) in [4.78, 5) is 14.5. The van der Waals surface area contributed by atoms with E-state index in [1.807, 2.05) is 18.7 Å². The van der Waals surface area contributed by atoms with Crippen molar-refractivity contribution in [2.45, 2.75) is 44.8 Å². The molecule has 1 amide bonds. The largest absolute Gasteiger partial charge is 0.390 e. The zero-order chi connectivity index (χ0) is 13.9. The van der Waals surface area contributed by atoms with Crippen LogP contribution in [0.25, 0.3) is 0 Å². The summed E-state index contributed by atoms with van der Waals surface area (Å²) in [5, 5.41) is 13.4. The number of carbonyl (C=O) groups is 1. The van der Waals surface area contributed by atoms with Crippen molar-refractivity contribution in [3.05, 3.63) is 0 Å². The first-order valence-corrected chi connectivity index (χ1v) is 7.36. The van der Waals surface area contributed by atoms with Crippen molar-refractivity contribution in [1.29, 1.82) is 0 Å². The van der Waals surface area contributed by atoms with Crippen molar-refractivity contribution in [2.75, 3.05) is 32.8 Å². The van der Waals surface area contributed by atoms with Gasteiger partial charge in [-0.1, -0.05) is 6.92 Å². The van der Waals surface area contributed by atoms with Crippen molar-refractivity contribution in [1.82, 2.24) is 10.2 Å². The average Bonchev–Trinajstić information content (AvgIpc) is 2.73. The second kappa shape index (κ2) is 6.20. The van der Waals surface area contributed by atoms with Gasteiger partial charge in [-0.15, -0.1) is 0 Å². The van der Waals surface area contributed by atoms with Gasteiger partial charge in [-0.3, -0.25) is 4.79 Å². The molecule has 5 heteroatoms. The topological polar surface area (TPSA) is 61.8 Å². The number of aliphatic hydroxyl groups is 1. The SMILES string of the molecule is CCNC1COCC1C(=O)N1CCCC(C)(O)CC1. The van der Waals surface area contributed by atoms with Crippen LogP contribution in [0.4, 0.5) is 0 Å². The van der Waals surface area contributed by atoms with E-state index in [0.717, 1.165) is 25.9 Å². The fourth-order valence-electron chi connectivity index (χ4n) is 2.98. The first-order chi connectivity index (χ1) is 9.03. The highest BCUT2D eigenvalue weighted by Gasteiger charge is 2.37. The molecule has 5 nitrogen and oxygen atoms in total. The van der Waals surface area contributed by atoms with E-state index in [0.29, 0.717) is 26.2 Å². The molecule has 2 aliphatic rings. The van der Waals surface area contributed by atoms with E-state index < -0.39 is 5.60 Å². The minimum atomic E-state index is -0.623. The maximum atomic E-state index is 12.6. The maximum Gasteiger partial charge on any atom is 0.229 e. The van der Waals surface area contributed by atoms with E-state index in [1.165, 1.54) is 0 Å². The van der Waals surface area contributed by atoms with Crippen LogP contribution in [-0.2, 0) is 9.53 Å². The molecule has 0 aromatic heterocycles. The second-order valence-corrected chi connectivity index (χ2v) is 5.98. The summed E-state index contributed by atoms with van der Waals surface area (Å²) in [5.74, 6) is 0.115. The Morgan fingerprint density at radius 1 is 1.42 bits per heavy atom. The quantitative estimate of drug-likeness (QED) is 0.778. The lowest BCUT2D eigenvalue weighted by Gasteiger charge is -2.27. The average molecular weight is 270 g/mol. The Hall–Kier alpha value is -0.650. The number of amides is 1. The lowest BCUT2D eigenvalue weighted by atomic mass is 9.98. The molecular weight excluding hydrogens is 244 g/mol. The zero-order valence-electron chi connectivity index (χ0n) is 12.0. The van der Waals surface area contributed by atoms with Crippen molar-refractivity contribution in [3.63, 3.8) is 0 Å². The molecule has 0 aromatic rings. The standard InChI is InChI=1S/C14H26N2O3/c1-3-15-12-10-19-9-11(12)13(17)16-7-4-5-14(2,18)6-8-16/h11-12,15,18H,3-10H2,1-2H3. The Balaban J connectivity index is 1.95. The molecule has 110 valence electrons. The summed E-state index contributed by atoms with van der Waals surface area (Å²) in [5.41, 5.74) is -0.623. The third kappa shape index (κ3) is 3.68. The molecule has 3 atom stereocenters. The van der Waals surface area contributed by atoms with Gasteiger partial charge in [-0.2, -0.15) is 0 Å². The number of carbonyl (C=O) groups excluding carboxylic acids is 1. The highest BCUT2D eigenvalue weighted by molar-refractivity contribution is 5.80. The summed E-state index contributed by atoms with van der Waals surface area (Å²) < 4.78 is 5.45. The van der Waals surface area contributed by atoms with Crippen LogP contribution in [0.1, 0.15) is 33.1 Å². The minimum absolute atomic E-state index is 0.0667. The molecule has 2 N–H and O–H groups in total. The Morgan fingerprint density at radius 2 is 2.21 bits per heavy atom. The van der Waals surface area contributed by atoms with Crippen LogP contribution in [0.5, 0.6) is 0 Å². The van der Waals surface area contributed by atoms with Gasteiger partial charge in [0, 0.05) is 19.1 Å². The lowest BCUT2D eigenvalue weighted by molar-refractivity contribution is -0.136. The van der Waals surface area contributed by atoms with Gasteiger partial charge < -0.3 is 20.1 Å². The van der Waals surface area contributed by atoms with Gasteiger partial charge in [0.05, 0.1) is 24.7 Å². The highest BCUT2D eigenvalue weighted by atomic mass is 16.5. The monoisotopic (exact) mass is 270 g/mol. The number of rotatable bonds is 3. The van der Waals surface area contributed by atoms with Crippen LogP contribution in [0.15, 0.2) is 0 Å². The van der Waals surface area contributed by atoms with Crippen LogP contribution in [0, 0.1) is 5.92 Å². The zero-order valence-corrected chi connectivity index (χ0v) is 12.0. The van der Waals surface area contributed by atoms with Crippen LogP contribution in [0.3, 0.4) is 0 Å². The Kier molecular flexibility index (Phi) is 4.81. The normalized spacial score (nSPS) is 36.3. The molecule has 0 saturated carbocycles. The lowest BCUT2D eigenvalue weighted by Crippen LogP contribution is -2.46. The molecule has 0 spiro atoms. The Morgan fingerprint density at radius 3 is 2.95 bits per heavy atom. The molecule has 2 aliphatic heterocycles. The first-order valence-electron chi connectivity index (χ1n) is 7.36. The number of likely N-dealkylation sites (tertiary alicyclic amines) is 1. The van der Waals surface area contributed by atoms with Gasteiger partial charge >= 0.3 is 0 Å². The molecular formula is C14H26N2O3. The predicted octanol–water partition coefficient (Wildman–Crippen LogP) is 0.374. The molecule has 2 saturated heterocycles. The van der Waals surface area contributed by atoms with Gasteiger partial charge in [0.25, 0.3) is 0 Å². The minimum Gasteiger partial charge on any atom is -0.390 e. The smallest absolute Gasteiger partial charge is 0.229 e. The van der Waals surface area contributed by atoms with E-state index in [-0.39, 0.29) is 17.9 Å². The molecule has 0 radical (unpaired) electrons. The van der Waals surface area contributed by atoms with Gasteiger partial charge in [0.15, 0.2) is 0 Å². The Labute approximate surface area is 115 Å². The van der Waals surface area contributed by atoms with E-state index in [4.69, 9.17) is 4.74 Å². The number of likely N-dealkylation sites (N-methyl/N-ethyl adjacent to an activating group) is 1. The van der Waals surface area contributed by atoms with E-state index in [9.17, 15) is 9.90 Å². The number of nitrogens with zero attached hydrogens (tertiary/aromatic N) is 1. The maximum absolute atomic E-state index is 12.6. The van der Waals surface area contributed by atoms with Gasteiger partial charge in [0.2, 0.25) is 5.91 Å². The molecule has 2 fully saturated rings. The first kappa shape index (κ1) is 14.8. The van der Waals surface area contributed by atoms with Crippen molar-refractivity contribution >= 4 is 5.91 Å². The van der Waals surface area contributed by atoms with Crippen LogP contribution in [0.2, 0.25) is 0 Å². The number of nitrogens with one attached hydrogen (secondary N) is 1. The van der Waals surface area contributed by atoms with Gasteiger partial charge in [-0.25, -0.2) is 0 Å². The van der Waals surface area contributed by atoms with Crippen LogP contribution >= 0.6 is 0 Å². The van der Waals surface area contributed by atoms with E-state index in [2.05, 4.69) is 5.32 Å². The molecule has 0 aromatic carbocycles. The summed E-state index contributed by atoms with van der Waals surface area (Å²) in [6.45, 7) is 7.31. The number of ether oxygens (including phenoxy) is 1. The molecule has 2 rings (SSSR count). The third-order valence-corrected chi connectivity index (χ3v) is 4.24. The fourth-order valence-corrected chi connectivity index (χ4v) is 2.98. The Bertz CT molecular complexity index is 320. The molecule has 19 heavy (non-hydrogen) atoms. The second-order valence-electron chi connectivity index (χ2n) is 5.98. The predicted molar refractivity (Wildman–Crippen MR) is 72.8 cm³/mol. The van der Waals surface area contributed by atoms with Crippen molar-refractivity contribution < 1.29 is 14.6 Å². The molecule has 0 bridgehead atoms.